The van der Waals surface area contributed by atoms with E-state index in [1.807, 2.05) is 0 Å². The van der Waals surface area contributed by atoms with Crippen molar-refractivity contribution in [3.8, 4) is 5.75 Å². The van der Waals surface area contributed by atoms with Gasteiger partial charge in [0.15, 0.2) is 15.6 Å². The number of halogens is 1. The molecule has 0 saturated carbocycles. The highest BCUT2D eigenvalue weighted by Crippen LogP contribution is 2.25. The monoisotopic (exact) mass is 317 g/mol. The summed E-state index contributed by atoms with van der Waals surface area (Å²) in [5, 5.41) is 3.49. The summed E-state index contributed by atoms with van der Waals surface area (Å²) < 4.78 is 28.1. The van der Waals surface area contributed by atoms with Gasteiger partial charge in [-0.05, 0) is 18.2 Å². The average molecular weight is 318 g/mol. The Labute approximate surface area is 123 Å². The molecule has 110 valence electrons. The van der Waals surface area contributed by atoms with Gasteiger partial charge in [0.1, 0.15) is 5.75 Å². The van der Waals surface area contributed by atoms with E-state index in [0.717, 1.165) is 0 Å². The maximum absolute atomic E-state index is 12.2. The second-order valence-electron chi connectivity index (χ2n) is 4.74. The second kappa shape index (κ2) is 6.11. The van der Waals surface area contributed by atoms with Gasteiger partial charge in [0.05, 0.1) is 23.6 Å². The molecule has 1 unspecified atom stereocenters. The topological polar surface area (TPSA) is 72.5 Å². The summed E-state index contributed by atoms with van der Waals surface area (Å²) in [6, 6.07) is 4.45. The van der Waals surface area contributed by atoms with Crippen molar-refractivity contribution in [2.24, 2.45) is 0 Å². The Kier molecular flexibility index (Phi) is 4.67. The lowest BCUT2D eigenvalue weighted by atomic mass is 10.0. The lowest BCUT2D eigenvalue weighted by Gasteiger charge is -2.23. The molecule has 0 spiro atoms. The van der Waals surface area contributed by atoms with Crippen LogP contribution >= 0.6 is 11.6 Å². The Hall–Kier alpha value is -1.11. The predicted molar refractivity (Wildman–Crippen MR) is 77.4 cm³/mol. The summed E-state index contributed by atoms with van der Waals surface area (Å²) in [6.45, 7) is 0.393. The third-order valence-corrected chi connectivity index (χ3v) is 5.25. The van der Waals surface area contributed by atoms with Crippen LogP contribution in [0.2, 0.25) is 5.02 Å². The van der Waals surface area contributed by atoms with Gasteiger partial charge < -0.3 is 10.1 Å². The van der Waals surface area contributed by atoms with E-state index in [4.69, 9.17) is 16.3 Å². The fourth-order valence-electron chi connectivity index (χ4n) is 2.17. The number of carbonyl (C=O) groups excluding carboxylic acids is 1. The van der Waals surface area contributed by atoms with Crippen molar-refractivity contribution in [2.45, 2.75) is 12.5 Å². The van der Waals surface area contributed by atoms with E-state index in [1.165, 1.54) is 7.11 Å². The number of Topliss-reactive ketones (excluding diaryl/α,β-unsaturated/α-hetero) is 1. The molecule has 0 aromatic heterocycles. The summed E-state index contributed by atoms with van der Waals surface area (Å²) in [4.78, 5) is 12.2. The van der Waals surface area contributed by atoms with Crippen LogP contribution in [-0.4, -0.2) is 45.4 Å². The molecule has 1 aliphatic rings. The number of sulfone groups is 1. The van der Waals surface area contributed by atoms with Gasteiger partial charge in [0, 0.05) is 24.6 Å². The van der Waals surface area contributed by atoms with E-state index >= 15 is 0 Å². The molecular formula is C13H16ClNO4S. The summed E-state index contributed by atoms with van der Waals surface area (Å²) in [5.74, 6) is 0.437. The van der Waals surface area contributed by atoms with Gasteiger partial charge >= 0.3 is 0 Å². The highest BCUT2D eigenvalue weighted by atomic mass is 35.5. The number of ketones is 1. The van der Waals surface area contributed by atoms with E-state index in [-0.39, 0.29) is 29.8 Å². The first-order valence-electron chi connectivity index (χ1n) is 6.22. The van der Waals surface area contributed by atoms with Gasteiger partial charge in [-0.1, -0.05) is 11.6 Å². The summed E-state index contributed by atoms with van der Waals surface area (Å²) >= 11 is 5.90. The summed E-state index contributed by atoms with van der Waals surface area (Å²) in [7, 11) is -1.56. The number of ether oxygens (including phenoxy) is 1. The van der Waals surface area contributed by atoms with E-state index in [0.29, 0.717) is 22.9 Å². The van der Waals surface area contributed by atoms with Crippen LogP contribution in [0.5, 0.6) is 5.75 Å². The smallest absolute Gasteiger partial charge is 0.164 e. The van der Waals surface area contributed by atoms with Crippen molar-refractivity contribution >= 4 is 27.2 Å². The predicted octanol–water partition coefficient (Wildman–Crippen LogP) is 1.31. The molecule has 1 fully saturated rings. The number of rotatable bonds is 4. The molecule has 5 nitrogen and oxygen atoms in total. The maximum Gasteiger partial charge on any atom is 0.164 e. The van der Waals surface area contributed by atoms with Crippen molar-refractivity contribution in [3.63, 3.8) is 0 Å². The van der Waals surface area contributed by atoms with Gasteiger partial charge in [-0.2, -0.15) is 0 Å². The molecule has 1 N–H and O–H groups in total. The third-order valence-electron chi connectivity index (χ3n) is 3.21. The Morgan fingerprint density at radius 3 is 2.90 bits per heavy atom. The molecule has 0 bridgehead atoms. The molecule has 1 aromatic rings. The molecule has 1 atom stereocenters. The van der Waals surface area contributed by atoms with Crippen LogP contribution in [0, 0.1) is 0 Å². The Morgan fingerprint density at radius 2 is 2.25 bits per heavy atom. The number of methoxy groups -OCH3 is 1. The van der Waals surface area contributed by atoms with Gasteiger partial charge in [-0.25, -0.2) is 8.42 Å². The fourth-order valence-corrected chi connectivity index (χ4v) is 3.81. The Morgan fingerprint density at radius 1 is 1.50 bits per heavy atom. The third kappa shape index (κ3) is 3.71. The highest BCUT2D eigenvalue weighted by molar-refractivity contribution is 7.91. The zero-order valence-corrected chi connectivity index (χ0v) is 12.6. The van der Waals surface area contributed by atoms with Crippen molar-refractivity contribution in [3.05, 3.63) is 28.8 Å². The van der Waals surface area contributed by atoms with Crippen LogP contribution in [0.15, 0.2) is 18.2 Å². The zero-order chi connectivity index (χ0) is 14.8. The normalized spacial score (nSPS) is 21.4. The number of carbonyl (C=O) groups is 1. The van der Waals surface area contributed by atoms with E-state index in [1.54, 1.807) is 18.2 Å². The first-order chi connectivity index (χ1) is 9.41. The first kappa shape index (κ1) is 15.3. The van der Waals surface area contributed by atoms with Crippen LogP contribution in [0.25, 0.3) is 0 Å². The molecule has 1 aromatic carbocycles. The first-order valence-corrected chi connectivity index (χ1v) is 8.42. The number of benzene rings is 1. The molecule has 1 heterocycles. The molecular weight excluding hydrogens is 302 g/mol. The molecule has 20 heavy (non-hydrogen) atoms. The summed E-state index contributed by atoms with van der Waals surface area (Å²) in [6.07, 6.45) is 0.143. The minimum absolute atomic E-state index is 0.00344. The lowest BCUT2D eigenvalue weighted by Crippen LogP contribution is -2.45. The zero-order valence-electron chi connectivity index (χ0n) is 11.1. The standard InChI is InChI=1S/C13H16ClNO4S/c1-19-13-6-9(2-3-11(13)14)12(16)7-10-8-20(17,18)5-4-15-10/h2-3,6,10,15H,4-5,7-8H2,1H3. The molecule has 7 heteroatoms. The van der Waals surface area contributed by atoms with Gasteiger partial charge in [-0.3, -0.25) is 4.79 Å². The van der Waals surface area contributed by atoms with Crippen molar-refractivity contribution in [1.29, 1.82) is 0 Å². The van der Waals surface area contributed by atoms with E-state index in [2.05, 4.69) is 5.32 Å². The Bertz CT molecular complexity index is 615. The van der Waals surface area contributed by atoms with Crippen molar-refractivity contribution in [1.82, 2.24) is 5.32 Å². The molecule has 1 saturated heterocycles. The van der Waals surface area contributed by atoms with Crippen LogP contribution in [0.1, 0.15) is 16.8 Å². The molecule has 0 amide bonds. The van der Waals surface area contributed by atoms with Crippen LogP contribution in [0.4, 0.5) is 0 Å². The number of hydrogen-bond acceptors (Lipinski definition) is 5. The van der Waals surface area contributed by atoms with Crippen molar-refractivity contribution in [2.75, 3.05) is 25.2 Å². The Balaban J connectivity index is 2.08. The van der Waals surface area contributed by atoms with Gasteiger partial charge in [0.2, 0.25) is 0 Å². The molecule has 0 radical (unpaired) electrons. The van der Waals surface area contributed by atoms with Crippen LogP contribution in [-0.2, 0) is 9.84 Å². The lowest BCUT2D eigenvalue weighted by molar-refractivity contribution is 0.0971. The van der Waals surface area contributed by atoms with Crippen LogP contribution < -0.4 is 10.1 Å². The minimum atomic E-state index is -3.04. The average Bonchev–Trinajstić information content (AvgIpc) is 2.38. The molecule has 2 rings (SSSR count). The van der Waals surface area contributed by atoms with E-state index < -0.39 is 9.84 Å². The second-order valence-corrected chi connectivity index (χ2v) is 7.38. The summed E-state index contributed by atoms with van der Waals surface area (Å²) in [5.41, 5.74) is 0.469. The van der Waals surface area contributed by atoms with E-state index in [9.17, 15) is 13.2 Å². The number of nitrogens with one attached hydrogen (secondary N) is 1. The molecule has 0 aliphatic carbocycles. The molecule has 1 aliphatic heterocycles. The minimum Gasteiger partial charge on any atom is -0.495 e. The number of hydrogen-bond donors (Lipinski definition) is 1. The SMILES string of the molecule is COc1cc(C(=O)CC2CS(=O)(=O)CCN2)ccc1Cl. The highest BCUT2D eigenvalue weighted by Gasteiger charge is 2.26. The fraction of sp³-hybridized carbons (Fsp3) is 0.462. The van der Waals surface area contributed by atoms with Gasteiger partial charge in [-0.15, -0.1) is 0 Å². The van der Waals surface area contributed by atoms with Crippen molar-refractivity contribution < 1.29 is 17.9 Å². The van der Waals surface area contributed by atoms with Gasteiger partial charge in [0.25, 0.3) is 0 Å². The maximum atomic E-state index is 12.2. The quantitative estimate of drug-likeness (QED) is 0.848. The van der Waals surface area contributed by atoms with Crippen LogP contribution in [0.3, 0.4) is 0 Å². The largest absolute Gasteiger partial charge is 0.495 e.